The van der Waals surface area contributed by atoms with E-state index in [1.54, 1.807) is 32.7 Å². The average molecular weight is 508 g/mol. The maximum atomic E-state index is 5.59. The predicted molar refractivity (Wildman–Crippen MR) is 144 cm³/mol. The van der Waals surface area contributed by atoms with Gasteiger partial charge in [-0.1, -0.05) is 0 Å². The second-order valence-electron chi connectivity index (χ2n) is 8.09. The maximum absolute atomic E-state index is 5.59. The molecule has 0 aliphatic carbocycles. The highest BCUT2D eigenvalue weighted by molar-refractivity contribution is 7.80. The molecular formula is C24H29N9O2S. The van der Waals surface area contributed by atoms with Crippen LogP contribution >= 0.6 is 12.2 Å². The Morgan fingerprint density at radius 1 is 0.889 bits per heavy atom. The number of ether oxygens (including phenoxy) is 2. The van der Waals surface area contributed by atoms with Crippen molar-refractivity contribution in [3.63, 3.8) is 0 Å². The van der Waals surface area contributed by atoms with E-state index in [0.717, 1.165) is 24.5 Å². The Balaban J connectivity index is 1.55. The molecule has 0 atom stereocenters. The van der Waals surface area contributed by atoms with Crippen LogP contribution in [0.15, 0.2) is 47.7 Å². The van der Waals surface area contributed by atoms with E-state index in [0.29, 0.717) is 48.1 Å². The average Bonchev–Trinajstić information content (AvgIpc) is 2.88. The Labute approximate surface area is 215 Å². The highest BCUT2D eigenvalue weighted by Crippen LogP contribution is 2.26. The SMILES string of the molecule is COc1cc(NC(=S)/N=C(/Nc2nc(C)cc(C)n2)N2CCN(c3ncccn3)CC2)cc(OC)c1. The molecule has 36 heavy (non-hydrogen) atoms. The van der Waals surface area contributed by atoms with Crippen LogP contribution in [0.2, 0.25) is 0 Å². The lowest BCUT2D eigenvalue weighted by molar-refractivity contribution is 0.382. The summed E-state index contributed by atoms with van der Waals surface area (Å²) in [6.45, 7) is 6.68. The van der Waals surface area contributed by atoms with E-state index in [1.807, 2.05) is 38.1 Å². The number of rotatable bonds is 5. The third-order valence-electron chi connectivity index (χ3n) is 5.43. The quantitative estimate of drug-likeness (QED) is 0.302. The highest BCUT2D eigenvalue weighted by atomic mass is 32.1. The molecule has 12 heteroatoms. The summed E-state index contributed by atoms with van der Waals surface area (Å²) in [5.74, 6) is 3.02. The van der Waals surface area contributed by atoms with E-state index in [1.165, 1.54) is 0 Å². The van der Waals surface area contributed by atoms with Crippen molar-refractivity contribution in [2.24, 2.45) is 4.99 Å². The van der Waals surface area contributed by atoms with Crippen molar-refractivity contribution >= 4 is 40.9 Å². The van der Waals surface area contributed by atoms with Gasteiger partial charge in [-0.25, -0.2) is 19.9 Å². The molecular weight excluding hydrogens is 478 g/mol. The summed E-state index contributed by atoms with van der Waals surface area (Å²) in [6, 6.07) is 9.16. The van der Waals surface area contributed by atoms with E-state index in [9.17, 15) is 0 Å². The van der Waals surface area contributed by atoms with Crippen LogP contribution in [-0.4, -0.2) is 76.3 Å². The first-order valence-electron chi connectivity index (χ1n) is 11.4. The van der Waals surface area contributed by atoms with Crippen molar-refractivity contribution in [3.05, 3.63) is 54.1 Å². The molecule has 188 valence electrons. The van der Waals surface area contributed by atoms with Gasteiger partial charge in [0.25, 0.3) is 0 Å². The van der Waals surface area contributed by atoms with Gasteiger partial charge in [0, 0.05) is 73.8 Å². The van der Waals surface area contributed by atoms with Crippen LogP contribution in [0.5, 0.6) is 11.5 Å². The van der Waals surface area contributed by atoms with Crippen molar-refractivity contribution in [2.75, 3.05) is 55.9 Å². The van der Waals surface area contributed by atoms with Crippen LogP contribution in [0, 0.1) is 13.8 Å². The molecule has 1 aliphatic rings. The maximum Gasteiger partial charge on any atom is 0.229 e. The minimum absolute atomic E-state index is 0.269. The third kappa shape index (κ3) is 6.54. The molecule has 2 aromatic heterocycles. The number of anilines is 3. The van der Waals surface area contributed by atoms with E-state index in [4.69, 9.17) is 26.7 Å². The molecule has 0 unspecified atom stereocenters. The van der Waals surface area contributed by atoms with Gasteiger partial charge in [-0.3, -0.25) is 5.32 Å². The predicted octanol–water partition coefficient (Wildman–Crippen LogP) is 2.89. The Kier molecular flexibility index (Phi) is 8.06. The number of thiocarbonyl (C=S) groups is 1. The van der Waals surface area contributed by atoms with Crippen LogP contribution in [-0.2, 0) is 0 Å². The van der Waals surface area contributed by atoms with Crippen molar-refractivity contribution in [2.45, 2.75) is 13.8 Å². The lowest BCUT2D eigenvalue weighted by Gasteiger charge is -2.36. The van der Waals surface area contributed by atoms with Gasteiger partial charge >= 0.3 is 0 Å². The molecule has 1 aromatic carbocycles. The van der Waals surface area contributed by atoms with Crippen molar-refractivity contribution in [1.29, 1.82) is 0 Å². The molecule has 2 N–H and O–H groups in total. The lowest BCUT2D eigenvalue weighted by atomic mass is 10.3. The van der Waals surface area contributed by atoms with Crippen LogP contribution < -0.4 is 25.0 Å². The molecule has 0 amide bonds. The van der Waals surface area contributed by atoms with E-state index >= 15 is 0 Å². The van der Waals surface area contributed by atoms with Gasteiger partial charge in [0.2, 0.25) is 23.0 Å². The zero-order valence-electron chi connectivity index (χ0n) is 20.7. The number of benzene rings is 1. The number of guanidine groups is 1. The smallest absolute Gasteiger partial charge is 0.229 e. The van der Waals surface area contributed by atoms with Crippen molar-refractivity contribution in [1.82, 2.24) is 24.8 Å². The minimum Gasteiger partial charge on any atom is -0.497 e. The Morgan fingerprint density at radius 2 is 1.50 bits per heavy atom. The molecule has 4 rings (SSSR count). The van der Waals surface area contributed by atoms with Crippen molar-refractivity contribution in [3.8, 4) is 11.5 Å². The number of piperazine rings is 1. The summed E-state index contributed by atoms with van der Waals surface area (Å²) >= 11 is 5.59. The van der Waals surface area contributed by atoms with Gasteiger partial charge in [-0.15, -0.1) is 0 Å². The first-order valence-corrected chi connectivity index (χ1v) is 11.8. The molecule has 0 radical (unpaired) electrons. The fourth-order valence-corrected chi connectivity index (χ4v) is 3.96. The number of hydrogen-bond acceptors (Lipinski definition) is 8. The Bertz CT molecular complexity index is 1190. The van der Waals surface area contributed by atoms with Gasteiger partial charge in [0.05, 0.1) is 14.2 Å². The summed E-state index contributed by atoms with van der Waals surface area (Å²) in [5, 5.41) is 6.69. The lowest BCUT2D eigenvalue weighted by Crippen LogP contribution is -2.51. The molecule has 3 aromatic rings. The van der Waals surface area contributed by atoms with Gasteiger partial charge in [0.15, 0.2) is 0 Å². The molecule has 3 heterocycles. The third-order valence-corrected chi connectivity index (χ3v) is 5.62. The number of aliphatic imine (C=N–C) groups is 1. The Morgan fingerprint density at radius 3 is 2.08 bits per heavy atom. The van der Waals surface area contributed by atoms with E-state index in [2.05, 4.69) is 40.4 Å². The standard InChI is InChI=1S/C24H29N9O2S/c1-16-12-17(2)28-21(27-16)30-23(33-10-8-32(9-11-33)22-25-6-5-7-26-22)31-24(36)29-18-13-19(34-3)15-20(14-18)35-4/h5-7,12-15H,8-11H2,1-4H3,(H2,27,28,29,30,31,36). The molecule has 1 aliphatic heterocycles. The van der Waals surface area contributed by atoms with Gasteiger partial charge in [0.1, 0.15) is 11.5 Å². The van der Waals surface area contributed by atoms with Crippen molar-refractivity contribution < 1.29 is 9.47 Å². The zero-order chi connectivity index (χ0) is 25.5. The highest BCUT2D eigenvalue weighted by Gasteiger charge is 2.22. The number of aromatic nitrogens is 4. The number of nitrogens with zero attached hydrogens (tertiary/aromatic N) is 7. The summed E-state index contributed by atoms with van der Waals surface area (Å²) in [6.07, 6.45) is 3.50. The van der Waals surface area contributed by atoms with Gasteiger partial charge < -0.3 is 24.6 Å². The number of hydrogen-bond donors (Lipinski definition) is 2. The minimum atomic E-state index is 0.269. The summed E-state index contributed by atoms with van der Waals surface area (Å²) in [5.41, 5.74) is 2.42. The second-order valence-corrected chi connectivity index (χ2v) is 8.48. The summed E-state index contributed by atoms with van der Waals surface area (Å²) in [4.78, 5) is 26.7. The fourth-order valence-electron chi connectivity index (χ4n) is 3.76. The summed E-state index contributed by atoms with van der Waals surface area (Å²) in [7, 11) is 3.20. The molecule has 0 spiro atoms. The molecule has 1 fully saturated rings. The Hall–Kier alpha value is -4.06. The number of methoxy groups -OCH3 is 2. The fraction of sp³-hybridized carbons (Fsp3) is 0.333. The number of aryl methyl sites for hydroxylation is 2. The van der Waals surface area contributed by atoms with E-state index < -0.39 is 0 Å². The second kappa shape index (κ2) is 11.6. The van der Waals surface area contributed by atoms with E-state index in [-0.39, 0.29) is 5.11 Å². The zero-order valence-corrected chi connectivity index (χ0v) is 21.5. The van der Waals surface area contributed by atoms with Crippen LogP contribution in [0.25, 0.3) is 0 Å². The first-order chi connectivity index (χ1) is 17.4. The molecule has 1 saturated heterocycles. The largest absolute Gasteiger partial charge is 0.497 e. The molecule has 0 bridgehead atoms. The van der Waals surface area contributed by atoms with Gasteiger partial charge in [-0.2, -0.15) is 4.99 Å². The molecule has 11 nitrogen and oxygen atoms in total. The van der Waals surface area contributed by atoms with Crippen LogP contribution in [0.3, 0.4) is 0 Å². The van der Waals surface area contributed by atoms with Crippen LogP contribution in [0.4, 0.5) is 17.6 Å². The number of nitrogens with one attached hydrogen (secondary N) is 2. The first kappa shape index (κ1) is 25.0. The molecule has 0 saturated carbocycles. The monoisotopic (exact) mass is 507 g/mol. The summed E-state index contributed by atoms with van der Waals surface area (Å²) < 4.78 is 10.7. The van der Waals surface area contributed by atoms with Crippen LogP contribution in [0.1, 0.15) is 11.4 Å². The topological polar surface area (TPSA) is 113 Å². The van der Waals surface area contributed by atoms with Gasteiger partial charge in [-0.05, 0) is 38.2 Å². The normalized spacial score (nSPS) is 13.8.